The van der Waals surface area contributed by atoms with Crippen LogP contribution >= 0.6 is 35.4 Å². The molecule has 0 aliphatic carbocycles. The van der Waals surface area contributed by atoms with E-state index >= 15 is 0 Å². The second-order valence-electron chi connectivity index (χ2n) is 5.27. The van der Waals surface area contributed by atoms with Crippen molar-refractivity contribution >= 4 is 46.7 Å². The minimum absolute atomic E-state index is 0.229. The lowest BCUT2D eigenvalue weighted by atomic mass is 10.2. The topological polar surface area (TPSA) is 54.9 Å². The Morgan fingerprint density at radius 3 is 2.63 bits per heavy atom. The number of halogens is 2. The van der Waals surface area contributed by atoms with Crippen LogP contribution in [0.1, 0.15) is 11.1 Å². The van der Waals surface area contributed by atoms with Crippen molar-refractivity contribution < 1.29 is 9.47 Å². The first-order valence-electron chi connectivity index (χ1n) is 7.96. The molecule has 0 aromatic heterocycles. The van der Waals surface area contributed by atoms with Crippen LogP contribution in [0, 0.1) is 0 Å². The standard InChI is InChI=1S/C19H19Cl2N3O2S/c1-3-9-22-19(27)24-23-11-13-7-8-17(18(10-13)25-2)26-12-14-15(20)5-4-6-16(14)21/h3-8,10-11H,1,9,12H2,2H3,(H2,22,24,27)/b23-11-. The van der Waals surface area contributed by atoms with E-state index in [1.807, 2.05) is 6.07 Å². The number of benzene rings is 2. The summed E-state index contributed by atoms with van der Waals surface area (Å²) >= 11 is 17.4. The lowest BCUT2D eigenvalue weighted by molar-refractivity contribution is 0.284. The Hall–Kier alpha value is -2.28. The van der Waals surface area contributed by atoms with E-state index in [4.69, 9.17) is 44.9 Å². The molecule has 0 radical (unpaired) electrons. The maximum atomic E-state index is 6.17. The normalized spacial score (nSPS) is 10.5. The molecule has 0 aliphatic heterocycles. The van der Waals surface area contributed by atoms with Crippen molar-refractivity contribution in [2.24, 2.45) is 5.10 Å². The van der Waals surface area contributed by atoms with Gasteiger partial charge in [0.2, 0.25) is 0 Å². The molecule has 0 heterocycles. The first kappa shape index (κ1) is 21.0. The van der Waals surface area contributed by atoms with E-state index in [0.717, 1.165) is 11.1 Å². The number of rotatable bonds is 8. The highest BCUT2D eigenvalue weighted by Gasteiger charge is 2.09. The van der Waals surface area contributed by atoms with Crippen LogP contribution in [0.3, 0.4) is 0 Å². The van der Waals surface area contributed by atoms with Gasteiger partial charge in [-0.15, -0.1) is 6.58 Å². The van der Waals surface area contributed by atoms with Gasteiger partial charge in [0.1, 0.15) is 6.61 Å². The number of hydrazone groups is 1. The number of hydrogen-bond donors (Lipinski definition) is 2. The summed E-state index contributed by atoms with van der Waals surface area (Å²) in [6.07, 6.45) is 3.33. The summed E-state index contributed by atoms with van der Waals surface area (Å²) < 4.78 is 11.2. The third-order valence-electron chi connectivity index (χ3n) is 3.41. The zero-order valence-electron chi connectivity index (χ0n) is 14.7. The number of thiocarbonyl (C=S) groups is 1. The van der Waals surface area contributed by atoms with E-state index in [1.54, 1.807) is 49.7 Å². The SMILES string of the molecule is C=CCNC(=S)N/N=C\c1ccc(OCc2c(Cl)cccc2Cl)c(OC)c1. The minimum Gasteiger partial charge on any atom is -0.493 e. The molecule has 0 spiro atoms. The van der Waals surface area contributed by atoms with E-state index in [-0.39, 0.29) is 6.61 Å². The number of ether oxygens (including phenoxy) is 2. The molecule has 0 saturated carbocycles. The van der Waals surface area contributed by atoms with Gasteiger partial charge in [0.05, 0.1) is 13.3 Å². The van der Waals surface area contributed by atoms with Crippen LogP contribution in [0.25, 0.3) is 0 Å². The van der Waals surface area contributed by atoms with E-state index in [2.05, 4.69) is 22.4 Å². The molecule has 2 N–H and O–H groups in total. The summed E-state index contributed by atoms with van der Waals surface area (Å²) in [5, 5.41) is 8.50. The summed E-state index contributed by atoms with van der Waals surface area (Å²) in [5.74, 6) is 1.14. The molecule has 2 aromatic rings. The molecule has 0 unspecified atom stereocenters. The lowest BCUT2D eigenvalue weighted by Gasteiger charge is -2.13. The predicted octanol–water partition coefficient (Wildman–Crippen LogP) is 4.57. The zero-order valence-corrected chi connectivity index (χ0v) is 17.0. The number of hydrogen-bond acceptors (Lipinski definition) is 4. The summed E-state index contributed by atoms with van der Waals surface area (Å²) in [6, 6.07) is 10.8. The van der Waals surface area contributed by atoms with E-state index in [9.17, 15) is 0 Å². The molecule has 8 heteroatoms. The van der Waals surface area contributed by atoms with Crippen LogP contribution in [0.5, 0.6) is 11.5 Å². The Labute approximate surface area is 174 Å². The monoisotopic (exact) mass is 423 g/mol. The van der Waals surface area contributed by atoms with Gasteiger partial charge in [-0.2, -0.15) is 5.10 Å². The van der Waals surface area contributed by atoms with Crippen molar-refractivity contribution in [1.82, 2.24) is 10.7 Å². The predicted molar refractivity (Wildman–Crippen MR) is 115 cm³/mol. The number of nitrogens with one attached hydrogen (secondary N) is 2. The van der Waals surface area contributed by atoms with Crippen molar-refractivity contribution in [2.45, 2.75) is 6.61 Å². The highest BCUT2D eigenvalue weighted by atomic mass is 35.5. The molecule has 0 aliphatic rings. The van der Waals surface area contributed by atoms with Crippen LogP contribution in [0.4, 0.5) is 0 Å². The molecular formula is C19H19Cl2N3O2S. The first-order valence-corrected chi connectivity index (χ1v) is 9.13. The van der Waals surface area contributed by atoms with Gasteiger partial charge in [0, 0.05) is 22.2 Å². The molecule has 0 fully saturated rings. The van der Waals surface area contributed by atoms with Gasteiger partial charge in [-0.1, -0.05) is 35.3 Å². The molecule has 27 heavy (non-hydrogen) atoms. The molecule has 0 atom stereocenters. The second-order valence-corrected chi connectivity index (χ2v) is 6.49. The van der Waals surface area contributed by atoms with Crippen LogP contribution in [0.2, 0.25) is 10.0 Å². The van der Waals surface area contributed by atoms with Crippen LogP contribution < -0.4 is 20.2 Å². The average Bonchev–Trinajstić information content (AvgIpc) is 2.66. The maximum absolute atomic E-state index is 6.17. The number of methoxy groups -OCH3 is 1. The first-order chi connectivity index (χ1) is 13.0. The lowest BCUT2D eigenvalue weighted by Crippen LogP contribution is -2.31. The van der Waals surface area contributed by atoms with Crippen molar-refractivity contribution in [1.29, 1.82) is 0 Å². The van der Waals surface area contributed by atoms with Gasteiger partial charge < -0.3 is 14.8 Å². The third kappa shape index (κ3) is 6.43. The fourth-order valence-electron chi connectivity index (χ4n) is 2.07. The maximum Gasteiger partial charge on any atom is 0.187 e. The highest BCUT2D eigenvalue weighted by molar-refractivity contribution is 7.80. The minimum atomic E-state index is 0.229. The van der Waals surface area contributed by atoms with Gasteiger partial charge in [-0.3, -0.25) is 5.43 Å². The van der Waals surface area contributed by atoms with Gasteiger partial charge >= 0.3 is 0 Å². The van der Waals surface area contributed by atoms with E-state index in [1.165, 1.54) is 0 Å². The molecule has 2 rings (SSSR count). The Balaban J connectivity index is 2.03. The van der Waals surface area contributed by atoms with Crippen LogP contribution in [-0.2, 0) is 6.61 Å². The summed E-state index contributed by atoms with van der Waals surface area (Å²) in [4.78, 5) is 0. The third-order valence-corrected chi connectivity index (χ3v) is 4.35. The van der Waals surface area contributed by atoms with Crippen molar-refractivity contribution in [3.05, 3.63) is 70.2 Å². The van der Waals surface area contributed by atoms with Gasteiger partial charge in [0.25, 0.3) is 0 Å². The molecule has 5 nitrogen and oxygen atoms in total. The summed E-state index contributed by atoms with van der Waals surface area (Å²) in [6.45, 7) is 4.40. The summed E-state index contributed by atoms with van der Waals surface area (Å²) in [7, 11) is 1.57. The molecule has 0 amide bonds. The Morgan fingerprint density at radius 2 is 1.96 bits per heavy atom. The smallest absolute Gasteiger partial charge is 0.187 e. The molecule has 0 saturated heterocycles. The Bertz CT molecular complexity index is 823. The van der Waals surface area contributed by atoms with Crippen molar-refractivity contribution in [3.63, 3.8) is 0 Å². The molecule has 142 valence electrons. The number of nitrogens with zero attached hydrogens (tertiary/aromatic N) is 1. The van der Waals surface area contributed by atoms with Crippen molar-refractivity contribution in [3.8, 4) is 11.5 Å². The summed E-state index contributed by atoms with van der Waals surface area (Å²) in [5.41, 5.74) is 4.25. The van der Waals surface area contributed by atoms with Crippen molar-refractivity contribution in [2.75, 3.05) is 13.7 Å². The quantitative estimate of drug-likeness (QED) is 0.282. The fraction of sp³-hybridized carbons (Fsp3) is 0.158. The molecule has 2 aromatic carbocycles. The second kappa shape index (κ2) is 10.8. The van der Waals surface area contributed by atoms with Gasteiger partial charge in [-0.25, -0.2) is 0 Å². The molecular weight excluding hydrogens is 405 g/mol. The van der Waals surface area contributed by atoms with Crippen LogP contribution in [0.15, 0.2) is 54.2 Å². The largest absolute Gasteiger partial charge is 0.493 e. The average molecular weight is 424 g/mol. The van der Waals surface area contributed by atoms with E-state index in [0.29, 0.717) is 33.2 Å². The Kier molecular flexibility index (Phi) is 8.39. The zero-order chi connectivity index (χ0) is 19.6. The van der Waals surface area contributed by atoms with Crippen LogP contribution in [-0.4, -0.2) is 25.0 Å². The fourth-order valence-corrected chi connectivity index (χ4v) is 2.72. The van der Waals surface area contributed by atoms with Gasteiger partial charge in [0.15, 0.2) is 16.6 Å². The molecule has 0 bridgehead atoms. The Morgan fingerprint density at radius 1 is 1.22 bits per heavy atom. The van der Waals surface area contributed by atoms with E-state index < -0.39 is 0 Å². The highest BCUT2D eigenvalue weighted by Crippen LogP contribution is 2.31. The van der Waals surface area contributed by atoms with Gasteiger partial charge in [-0.05, 0) is 48.1 Å².